The van der Waals surface area contributed by atoms with Gasteiger partial charge in [-0.2, -0.15) is 0 Å². The fourth-order valence-corrected chi connectivity index (χ4v) is 0.730. The summed E-state index contributed by atoms with van der Waals surface area (Å²) in [6.07, 6.45) is 5.30. The second-order valence-corrected chi connectivity index (χ2v) is 2.17. The van der Waals surface area contributed by atoms with E-state index in [1.165, 1.54) is 12.8 Å². The molecule has 0 spiro atoms. The molecule has 0 aromatic carbocycles. The van der Waals surface area contributed by atoms with Gasteiger partial charge in [-0.05, 0) is 32.2 Å². The van der Waals surface area contributed by atoms with E-state index in [9.17, 15) is 0 Å². The van der Waals surface area contributed by atoms with Crippen molar-refractivity contribution >= 4 is 6.72 Å². The Bertz CT molecular complexity index is 77.3. The van der Waals surface area contributed by atoms with Crippen molar-refractivity contribution in [2.24, 2.45) is 4.99 Å². The van der Waals surface area contributed by atoms with Gasteiger partial charge in [-0.15, -0.1) is 0 Å². The van der Waals surface area contributed by atoms with Gasteiger partial charge in [0.15, 0.2) is 0 Å². The molecule has 10 heavy (non-hydrogen) atoms. The zero-order valence-corrected chi connectivity index (χ0v) is 6.47. The van der Waals surface area contributed by atoms with Crippen LogP contribution in [0.15, 0.2) is 17.8 Å². The summed E-state index contributed by atoms with van der Waals surface area (Å²) < 4.78 is 0. The van der Waals surface area contributed by atoms with Crippen molar-refractivity contribution in [2.75, 3.05) is 13.1 Å². The van der Waals surface area contributed by atoms with Gasteiger partial charge in [0.25, 0.3) is 0 Å². The predicted octanol–water partition coefficient (Wildman–Crippen LogP) is 1.59. The van der Waals surface area contributed by atoms with E-state index in [1.807, 2.05) is 0 Å². The molecular weight excluding hydrogens is 124 g/mol. The standard InChI is InChI=1S/C8H16N2/c1-3-10-8-6-4-5-7-9-2/h3,10H,1-2,4-8H2. The minimum atomic E-state index is 0.897. The molecule has 0 aromatic rings. The van der Waals surface area contributed by atoms with E-state index in [1.54, 1.807) is 6.20 Å². The van der Waals surface area contributed by atoms with Crippen LogP contribution in [0.2, 0.25) is 0 Å². The summed E-state index contributed by atoms with van der Waals surface area (Å²) in [4.78, 5) is 3.76. The van der Waals surface area contributed by atoms with Crippen molar-refractivity contribution in [3.05, 3.63) is 12.8 Å². The van der Waals surface area contributed by atoms with Crippen molar-refractivity contribution < 1.29 is 0 Å². The summed E-state index contributed by atoms with van der Waals surface area (Å²) in [6, 6.07) is 0. The van der Waals surface area contributed by atoms with Crippen LogP contribution in [0.25, 0.3) is 0 Å². The Kier molecular flexibility index (Phi) is 7.56. The normalized spacial score (nSPS) is 8.80. The SMILES string of the molecule is C=CNCCCCCN=C. The molecule has 0 aromatic heterocycles. The minimum Gasteiger partial charge on any atom is -0.391 e. The molecule has 0 aliphatic heterocycles. The van der Waals surface area contributed by atoms with E-state index in [0.29, 0.717) is 0 Å². The van der Waals surface area contributed by atoms with E-state index in [-0.39, 0.29) is 0 Å². The van der Waals surface area contributed by atoms with Crippen LogP contribution >= 0.6 is 0 Å². The van der Waals surface area contributed by atoms with Crippen LogP contribution in [0.4, 0.5) is 0 Å². The van der Waals surface area contributed by atoms with Gasteiger partial charge < -0.3 is 10.3 Å². The van der Waals surface area contributed by atoms with Crippen LogP contribution in [0.3, 0.4) is 0 Å². The molecule has 0 aliphatic rings. The summed E-state index contributed by atoms with van der Waals surface area (Å²) in [5.41, 5.74) is 0. The largest absolute Gasteiger partial charge is 0.391 e. The molecule has 0 saturated heterocycles. The second-order valence-electron chi connectivity index (χ2n) is 2.17. The summed E-state index contributed by atoms with van der Waals surface area (Å²) in [6.45, 7) is 8.89. The van der Waals surface area contributed by atoms with Gasteiger partial charge in [0.05, 0.1) is 0 Å². The van der Waals surface area contributed by atoms with Gasteiger partial charge in [-0.25, -0.2) is 0 Å². The summed E-state index contributed by atoms with van der Waals surface area (Å²) in [5.74, 6) is 0. The van der Waals surface area contributed by atoms with Crippen LogP contribution in [-0.4, -0.2) is 19.8 Å². The summed E-state index contributed by atoms with van der Waals surface area (Å²) >= 11 is 0. The van der Waals surface area contributed by atoms with Crippen molar-refractivity contribution in [3.8, 4) is 0 Å². The fraction of sp³-hybridized carbons (Fsp3) is 0.625. The predicted molar refractivity (Wildman–Crippen MR) is 46.5 cm³/mol. The Morgan fingerprint density at radius 2 is 2.10 bits per heavy atom. The third-order valence-corrected chi connectivity index (χ3v) is 1.28. The van der Waals surface area contributed by atoms with Crippen LogP contribution in [0.5, 0.6) is 0 Å². The third kappa shape index (κ3) is 7.21. The Morgan fingerprint density at radius 3 is 2.70 bits per heavy atom. The molecule has 0 heterocycles. The Morgan fingerprint density at radius 1 is 1.30 bits per heavy atom. The minimum absolute atomic E-state index is 0.897. The molecule has 0 atom stereocenters. The molecule has 1 N–H and O–H groups in total. The van der Waals surface area contributed by atoms with Gasteiger partial charge in [-0.3, -0.25) is 0 Å². The molecule has 0 saturated carbocycles. The van der Waals surface area contributed by atoms with Crippen LogP contribution in [0, 0.1) is 0 Å². The van der Waals surface area contributed by atoms with Crippen molar-refractivity contribution in [1.82, 2.24) is 5.32 Å². The van der Waals surface area contributed by atoms with Gasteiger partial charge in [-0.1, -0.05) is 6.58 Å². The number of hydrogen-bond acceptors (Lipinski definition) is 2. The van der Waals surface area contributed by atoms with E-state index in [2.05, 4.69) is 23.6 Å². The number of nitrogens with zero attached hydrogens (tertiary/aromatic N) is 1. The first-order valence-corrected chi connectivity index (χ1v) is 3.68. The molecule has 2 nitrogen and oxygen atoms in total. The average molecular weight is 140 g/mol. The first-order chi connectivity index (χ1) is 4.91. The quantitative estimate of drug-likeness (QED) is 0.421. The number of aliphatic imine (C=N–C) groups is 1. The fourth-order valence-electron chi connectivity index (χ4n) is 0.730. The highest BCUT2D eigenvalue weighted by atomic mass is 14.8. The summed E-state index contributed by atoms with van der Waals surface area (Å²) in [5, 5.41) is 3.04. The maximum atomic E-state index is 3.76. The molecule has 0 aliphatic carbocycles. The van der Waals surface area contributed by atoms with Crippen molar-refractivity contribution in [1.29, 1.82) is 0 Å². The molecule has 0 unspecified atom stereocenters. The van der Waals surface area contributed by atoms with Crippen molar-refractivity contribution in [2.45, 2.75) is 19.3 Å². The molecular formula is C8H16N2. The Labute approximate surface area is 63.0 Å². The maximum absolute atomic E-state index is 3.76. The second kappa shape index (κ2) is 8.21. The first-order valence-electron chi connectivity index (χ1n) is 3.68. The molecule has 0 bridgehead atoms. The lowest BCUT2D eigenvalue weighted by molar-refractivity contribution is 0.663. The van der Waals surface area contributed by atoms with Gasteiger partial charge in [0.2, 0.25) is 0 Å². The number of unbranched alkanes of at least 4 members (excludes halogenated alkanes) is 2. The zero-order valence-electron chi connectivity index (χ0n) is 6.47. The lowest BCUT2D eigenvalue weighted by atomic mass is 10.2. The average Bonchev–Trinajstić information content (AvgIpc) is 1.97. The van der Waals surface area contributed by atoms with Crippen molar-refractivity contribution in [3.63, 3.8) is 0 Å². The molecule has 2 heteroatoms. The Hall–Kier alpha value is -0.790. The number of hydrogen-bond donors (Lipinski definition) is 1. The molecule has 0 rings (SSSR count). The summed E-state index contributed by atoms with van der Waals surface area (Å²) in [7, 11) is 0. The maximum Gasteiger partial charge on any atom is 0.0382 e. The van der Waals surface area contributed by atoms with Crippen LogP contribution in [-0.2, 0) is 0 Å². The lowest BCUT2D eigenvalue weighted by Crippen LogP contribution is -2.05. The van der Waals surface area contributed by atoms with E-state index < -0.39 is 0 Å². The highest BCUT2D eigenvalue weighted by Crippen LogP contribution is 1.93. The molecule has 0 fully saturated rings. The smallest absolute Gasteiger partial charge is 0.0382 e. The van der Waals surface area contributed by atoms with Gasteiger partial charge in [0.1, 0.15) is 0 Å². The lowest BCUT2D eigenvalue weighted by Gasteiger charge is -1.98. The topological polar surface area (TPSA) is 24.4 Å². The van der Waals surface area contributed by atoms with Gasteiger partial charge >= 0.3 is 0 Å². The third-order valence-electron chi connectivity index (χ3n) is 1.28. The van der Waals surface area contributed by atoms with E-state index in [0.717, 1.165) is 19.5 Å². The highest BCUT2D eigenvalue weighted by Gasteiger charge is 1.84. The van der Waals surface area contributed by atoms with Crippen LogP contribution < -0.4 is 5.32 Å². The Balaban J connectivity index is 2.76. The number of nitrogens with one attached hydrogen (secondary N) is 1. The monoisotopic (exact) mass is 140 g/mol. The molecule has 0 amide bonds. The van der Waals surface area contributed by atoms with Crippen LogP contribution in [0.1, 0.15) is 19.3 Å². The van der Waals surface area contributed by atoms with E-state index in [4.69, 9.17) is 0 Å². The zero-order chi connectivity index (χ0) is 7.66. The van der Waals surface area contributed by atoms with E-state index >= 15 is 0 Å². The number of rotatable bonds is 7. The molecule has 58 valence electrons. The molecule has 0 radical (unpaired) electrons. The highest BCUT2D eigenvalue weighted by molar-refractivity contribution is 5.22. The van der Waals surface area contributed by atoms with Gasteiger partial charge in [0, 0.05) is 13.1 Å². The first kappa shape index (κ1) is 9.21.